The molecule has 0 aromatic rings. The molecule has 2 nitrogen and oxygen atoms in total. The van der Waals surface area contributed by atoms with E-state index in [0.29, 0.717) is 0 Å². The van der Waals surface area contributed by atoms with E-state index in [0.717, 1.165) is 0 Å². The van der Waals surface area contributed by atoms with Crippen LogP contribution in [-0.4, -0.2) is 33.1 Å². The Labute approximate surface area is 102 Å². The van der Waals surface area contributed by atoms with Crippen LogP contribution in [0.1, 0.15) is 6.42 Å². The number of alkyl halides is 5. The van der Waals surface area contributed by atoms with E-state index in [4.69, 9.17) is 67.8 Å². The van der Waals surface area contributed by atoms with Gasteiger partial charge in [0.05, 0.1) is 18.6 Å². The highest BCUT2D eigenvalue weighted by molar-refractivity contribution is 6.67. The molecule has 0 spiro atoms. The van der Waals surface area contributed by atoms with Gasteiger partial charge in [0.15, 0.2) is 3.79 Å². The third-order valence-electron chi connectivity index (χ3n) is 1.12. The summed E-state index contributed by atoms with van der Waals surface area (Å²) < 4.78 is 3.64. The predicted octanol–water partition coefficient (Wildman–Crippen LogP) is 2.93. The topological polar surface area (TPSA) is 29.5 Å². The number of ether oxygens (including phenoxy) is 1. The summed E-state index contributed by atoms with van der Waals surface area (Å²) in [6.07, 6.45) is 0.218. The molecule has 2 atom stereocenters. The minimum absolute atomic E-state index is 0.174. The Bertz CT molecular complexity index is 137. The van der Waals surface area contributed by atoms with Crippen LogP contribution in [0, 0.1) is 0 Å². The summed E-state index contributed by atoms with van der Waals surface area (Å²) >= 11 is 27.5. The first-order valence-electron chi connectivity index (χ1n) is 3.44. The maximum atomic E-state index is 8.59. The standard InChI is InChI=1S/C6H9Cl5O2/c7-4(3-12)5(8)13-2-1-6(9,10)11/h4-5,12H,1-3H2. The molecule has 0 aromatic heterocycles. The summed E-state index contributed by atoms with van der Waals surface area (Å²) in [5.41, 5.74) is -0.779. The number of halogens is 5. The molecule has 0 radical (unpaired) electrons. The largest absolute Gasteiger partial charge is 0.395 e. The molecular formula is C6H9Cl5O2. The lowest BCUT2D eigenvalue weighted by Gasteiger charge is -2.16. The fraction of sp³-hybridized carbons (Fsp3) is 1.00. The highest BCUT2D eigenvalue weighted by Crippen LogP contribution is 2.30. The molecule has 0 fully saturated rings. The van der Waals surface area contributed by atoms with Crippen molar-refractivity contribution in [2.24, 2.45) is 0 Å². The maximum absolute atomic E-state index is 8.59. The van der Waals surface area contributed by atoms with Crippen LogP contribution >= 0.6 is 58.0 Å². The summed E-state index contributed by atoms with van der Waals surface area (Å²) in [4.78, 5) is 0. The van der Waals surface area contributed by atoms with Gasteiger partial charge in [0, 0.05) is 6.42 Å². The Morgan fingerprint density at radius 2 is 1.77 bits per heavy atom. The van der Waals surface area contributed by atoms with Crippen LogP contribution < -0.4 is 0 Å². The lowest BCUT2D eigenvalue weighted by molar-refractivity contribution is 0.0893. The van der Waals surface area contributed by atoms with Gasteiger partial charge in [0.2, 0.25) is 0 Å². The van der Waals surface area contributed by atoms with Gasteiger partial charge in [-0.2, -0.15) is 0 Å². The first-order valence-corrected chi connectivity index (χ1v) is 5.45. The minimum Gasteiger partial charge on any atom is -0.395 e. The van der Waals surface area contributed by atoms with Gasteiger partial charge in [0.1, 0.15) is 5.56 Å². The molecule has 0 saturated heterocycles. The van der Waals surface area contributed by atoms with Crippen LogP contribution in [0.15, 0.2) is 0 Å². The lowest BCUT2D eigenvalue weighted by atomic mass is 10.4. The van der Waals surface area contributed by atoms with Gasteiger partial charge in [-0.25, -0.2) is 0 Å². The Hall–Kier alpha value is 1.37. The van der Waals surface area contributed by atoms with Crippen molar-refractivity contribution in [3.8, 4) is 0 Å². The molecule has 0 bridgehead atoms. The van der Waals surface area contributed by atoms with Crippen molar-refractivity contribution in [2.75, 3.05) is 13.2 Å². The Kier molecular flexibility index (Phi) is 7.50. The van der Waals surface area contributed by atoms with Crippen LogP contribution in [0.3, 0.4) is 0 Å². The fourth-order valence-corrected chi connectivity index (χ4v) is 0.947. The summed E-state index contributed by atoms with van der Waals surface area (Å²) in [6.45, 7) is -0.0859. The average molecular weight is 290 g/mol. The van der Waals surface area contributed by atoms with Crippen LogP contribution in [0.5, 0.6) is 0 Å². The van der Waals surface area contributed by atoms with E-state index < -0.39 is 14.7 Å². The molecule has 0 aliphatic heterocycles. The van der Waals surface area contributed by atoms with E-state index in [2.05, 4.69) is 0 Å². The van der Waals surface area contributed by atoms with Gasteiger partial charge >= 0.3 is 0 Å². The van der Waals surface area contributed by atoms with Gasteiger partial charge in [-0.1, -0.05) is 46.4 Å². The maximum Gasteiger partial charge on any atom is 0.192 e. The van der Waals surface area contributed by atoms with Crippen molar-refractivity contribution in [1.29, 1.82) is 0 Å². The normalized spacial score (nSPS) is 17.1. The molecule has 0 aliphatic carbocycles. The van der Waals surface area contributed by atoms with Crippen molar-refractivity contribution in [3.05, 3.63) is 0 Å². The van der Waals surface area contributed by atoms with Crippen molar-refractivity contribution >= 4 is 58.0 Å². The number of aliphatic hydroxyl groups excluding tert-OH is 1. The van der Waals surface area contributed by atoms with E-state index in [-0.39, 0.29) is 19.6 Å². The number of rotatable bonds is 5. The number of hydrogen-bond donors (Lipinski definition) is 1. The van der Waals surface area contributed by atoms with Gasteiger partial charge in [0.25, 0.3) is 0 Å². The van der Waals surface area contributed by atoms with Crippen molar-refractivity contribution in [3.63, 3.8) is 0 Å². The highest BCUT2D eigenvalue weighted by atomic mass is 35.6. The van der Waals surface area contributed by atoms with E-state index >= 15 is 0 Å². The number of hydrogen-bond acceptors (Lipinski definition) is 2. The first-order chi connectivity index (χ1) is 5.87. The van der Waals surface area contributed by atoms with Gasteiger partial charge in [-0.05, 0) is 0 Å². The van der Waals surface area contributed by atoms with Crippen molar-refractivity contribution in [1.82, 2.24) is 0 Å². The zero-order valence-corrected chi connectivity index (χ0v) is 10.3. The van der Waals surface area contributed by atoms with E-state index in [1.165, 1.54) is 0 Å². The minimum atomic E-state index is -1.35. The molecule has 0 saturated carbocycles. The third kappa shape index (κ3) is 8.37. The third-order valence-corrected chi connectivity index (χ3v) is 2.61. The lowest BCUT2D eigenvalue weighted by Crippen LogP contribution is -2.23. The second-order valence-electron chi connectivity index (χ2n) is 2.29. The summed E-state index contributed by atoms with van der Waals surface area (Å²) in [6, 6.07) is 0. The molecule has 80 valence electrons. The molecular weight excluding hydrogens is 281 g/mol. The SMILES string of the molecule is OCC(Cl)C(Cl)OCCC(Cl)(Cl)Cl. The van der Waals surface area contributed by atoms with Crippen molar-refractivity contribution in [2.45, 2.75) is 21.2 Å². The molecule has 0 aromatic carbocycles. The van der Waals surface area contributed by atoms with Gasteiger partial charge in [-0.15, -0.1) is 11.6 Å². The molecule has 1 N–H and O–H groups in total. The van der Waals surface area contributed by atoms with E-state index in [1.54, 1.807) is 0 Å². The van der Waals surface area contributed by atoms with Crippen LogP contribution in [0.25, 0.3) is 0 Å². The molecule has 7 heteroatoms. The molecule has 0 rings (SSSR count). The Balaban J connectivity index is 3.53. The second-order valence-corrected chi connectivity index (χ2v) is 5.79. The summed E-state index contributed by atoms with van der Waals surface area (Å²) in [5.74, 6) is 0. The number of aliphatic hydroxyl groups is 1. The van der Waals surface area contributed by atoms with Crippen molar-refractivity contribution < 1.29 is 9.84 Å². The monoisotopic (exact) mass is 288 g/mol. The zero-order chi connectivity index (χ0) is 10.5. The highest BCUT2D eigenvalue weighted by Gasteiger charge is 2.21. The van der Waals surface area contributed by atoms with Crippen LogP contribution in [0.4, 0.5) is 0 Å². The summed E-state index contributed by atoms with van der Waals surface area (Å²) in [7, 11) is 0. The Morgan fingerprint density at radius 3 is 2.15 bits per heavy atom. The second kappa shape index (κ2) is 6.78. The van der Waals surface area contributed by atoms with Gasteiger partial charge < -0.3 is 9.84 Å². The fourth-order valence-electron chi connectivity index (χ4n) is 0.475. The molecule has 0 heterocycles. The van der Waals surface area contributed by atoms with Gasteiger partial charge in [-0.3, -0.25) is 0 Å². The average Bonchev–Trinajstić information content (AvgIpc) is 2.00. The van der Waals surface area contributed by atoms with Crippen LogP contribution in [0.2, 0.25) is 0 Å². The van der Waals surface area contributed by atoms with E-state index in [9.17, 15) is 0 Å². The predicted molar refractivity (Wildman–Crippen MR) is 57.2 cm³/mol. The zero-order valence-electron chi connectivity index (χ0n) is 6.52. The van der Waals surface area contributed by atoms with E-state index in [1.807, 2.05) is 0 Å². The molecule has 2 unspecified atom stereocenters. The quantitative estimate of drug-likeness (QED) is 0.789. The van der Waals surface area contributed by atoms with Crippen LogP contribution in [-0.2, 0) is 4.74 Å². The smallest absolute Gasteiger partial charge is 0.192 e. The first kappa shape index (κ1) is 14.4. The molecule has 0 amide bonds. The summed E-state index contributed by atoms with van der Waals surface area (Å²) in [5, 5.41) is 7.93. The molecule has 13 heavy (non-hydrogen) atoms. The Morgan fingerprint density at radius 1 is 1.23 bits per heavy atom. The molecule has 0 aliphatic rings.